The van der Waals surface area contributed by atoms with E-state index in [4.69, 9.17) is 14.2 Å². The van der Waals surface area contributed by atoms with Crippen LogP contribution in [0.3, 0.4) is 0 Å². The predicted octanol–water partition coefficient (Wildman–Crippen LogP) is 0.986. The quantitative estimate of drug-likeness (QED) is 0.475. The minimum absolute atomic E-state index is 0.178. The largest absolute Gasteiger partial charge is 0.495 e. The second kappa shape index (κ2) is 11.7. The van der Waals surface area contributed by atoms with Crippen LogP contribution >= 0.6 is 0 Å². The van der Waals surface area contributed by atoms with Gasteiger partial charge in [0.1, 0.15) is 5.75 Å². The van der Waals surface area contributed by atoms with Crippen LogP contribution in [0.25, 0.3) is 0 Å². The number of carbonyl (C=O) groups is 2. The van der Waals surface area contributed by atoms with Gasteiger partial charge in [0, 0.05) is 18.5 Å². The lowest BCUT2D eigenvalue weighted by Gasteiger charge is -2.13. The number of benzene rings is 2. The molecule has 162 valence electrons. The van der Waals surface area contributed by atoms with Crippen LogP contribution in [0.2, 0.25) is 0 Å². The van der Waals surface area contributed by atoms with E-state index < -0.39 is 0 Å². The maximum atomic E-state index is 12.3. The van der Waals surface area contributed by atoms with Gasteiger partial charge < -0.3 is 29.7 Å². The molecule has 0 saturated carbocycles. The summed E-state index contributed by atoms with van der Waals surface area (Å²) in [6.07, 6.45) is 0.897. The van der Waals surface area contributed by atoms with Crippen LogP contribution in [0.1, 0.15) is 16.8 Å². The number of carbonyl (C=O) groups excluding carboxylic acids is 2. The Morgan fingerprint density at radius 3 is 2.40 bits per heavy atom. The SMILES string of the molecule is COc1ccccc1NC(=O)COc1ccc(C(=O)NCCC[NH+](C)C)cc1OC. The Morgan fingerprint density at radius 1 is 0.967 bits per heavy atom. The molecule has 2 aromatic carbocycles. The van der Waals surface area contributed by atoms with Crippen molar-refractivity contribution in [3.05, 3.63) is 48.0 Å². The number of nitrogens with one attached hydrogen (secondary N) is 3. The van der Waals surface area contributed by atoms with Gasteiger partial charge in [0.05, 0.1) is 40.5 Å². The summed E-state index contributed by atoms with van der Waals surface area (Å²) in [7, 11) is 7.16. The van der Waals surface area contributed by atoms with Crippen LogP contribution < -0.4 is 29.7 Å². The van der Waals surface area contributed by atoms with E-state index >= 15 is 0 Å². The van der Waals surface area contributed by atoms with E-state index in [9.17, 15) is 9.59 Å². The highest BCUT2D eigenvalue weighted by Crippen LogP contribution is 2.28. The van der Waals surface area contributed by atoms with Crippen molar-refractivity contribution in [2.45, 2.75) is 6.42 Å². The lowest BCUT2D eigenvalue weighted by molar-refractivity contribution is -0.858. The number of hydrogen-bond acceptors (Lipinski definition) is 5. The molecular weight excluding hydrogens is 386 g/mol. The summed E-state index contributed by atoms with van der Waals surface area (Å²) in [6.45, 7) is 1.37. The van der Waals surface area contributed by atoms with Crippen molar-refractivity contribution in [2.75, 3.05) is 53.3 Å². The molecule has 8 heteroatoms. The molecule has 2 rings (SSSR count). The summed E-state index contributed by atoms with van der Waals surface area (Å²) in [6, 6.07) is 12.0. The normalized spacial score (nSPS) is 10.4. The van der Waals surface area contributed by atoms with Gasteiger partial charge in [0.2, 0.25) is 0 Å². The van der Waals surface area contributed by atoms with Gasteiger partial charge >= 0.3 is 0 Å². The number of anilines is 1. The van der Waals surface area contributed by atoms with Crippen molar-refractivity contribution in [1.82, 2.24) is 5.32 Å². The Bertz CT molecular complexity index is 854. The zero-order chi connectivity index (χ0) is 21.9. The number of amides is 2. The summed E-state index contributed by atoms with van der Waals surface area (Å²) in [5.41, 5.74) is 1.03. The predicted molar refractivity (Wildman–Crippen MR) is 115 cm³/mol. The Labute approximate surface area is 177 Å². The molecule has 2 amide bonds. The fourth-order valence-corrected chi connectivity index (χ4v) is 2.75. The second-order valence-electron chi connectivity index (χ2n) is 6.97. The molecule has 8 nitrogen and oxygen atoms in total. The molecule has 0 bridgehead atoms. The summed E-state index contributed by atoms with van der Waals surface area (Å²) in [4.78, 5) is 25.9. The fourth-order valence-electron chi connectivity index (χ4n) is 2.75. The first-order valence-electron chi connectivity index (χ1n) is 9.75. The molecule has 0 unspecified atom stereocenters. The Morgan fingerprint density at radius 2 is 1.70 bits per heavy atom. The van der Waals surface area contributed by atoms with Crippen LogP contribution in [-0.2, 0) is 4.79 Å². The van der Waals surface area contributed by atoms with Crippen LogP contribution in [0.4, 0.5) is 5.69 Å². The van der Waals surface area contributed by atoms with Crippen molar-refractivity contribution in [3.8, 4) is 17.2 Å². The van der Waals surface area contributed by atoms with Crippen LogP contribution in [0.5, 0.6) is 17.2 Å². The molecule has 30 heavy (non-hydrogen) atoms. The van der Waals surface area contributed by atoms with Crippen LogP contribution in [0, 0.1) is 0 Å². The van der Waals surface area contributed by atoms with Gasteiger partial charge in [-0.1, -0.05) is 12.1 Å². The average molecular weight is 416 g/mol. The van der Waals surface area contributed by atoms with E-state index in [-0.39, 0.29) is 18.4 Å². The minimum atomic E-state index is -0.341. The van der Waals surface area contributed by atoms with E-state index in [2.05, 4.69) is 24.7 Å². The highest BCUT2D eigenvalue weighted by atomic mass is 16.5. The fraction of sp³-hybridized carbons (Fsp3) is 0.364. The Balaban J connectivity index is 1.93. The smallest absolute Gasteiger partial charge is 0.262 e. The van der Waals surface area contributed by atoms with Crippen LogP contribution in [0.15, 0.2) is 42.5 Å². The topological polar surface area (TPSA) is 90.3 Å². The van der Waals surface area contributed by atoms with E-state index in [0.29, 0.717) is 35.0 Å². The Hall–Kier alpha value is -3.26. The Kier molecular flexibility index (Phi) is 8.96. The summed E-state index contributed by atoms with van der Waals surface area (Å²) in [5, 5.41) is 5.63. The first kappa shape index (κ1) is 23.0. The van der Waals surface area contributed by atoms with Crippen molar-refractivity contribution >= 4 is 17.5 Å². The van der Waals surface area contributed by atoms with Crippen molar-refractivity contribution < 1.29 is 28.7 Å². The summed E-state index contributed by atoms with van der Waals surface area (Å²) < 4.78 is 16.1. The number of ether oxygens (including phenoxy) is 3. The number of quaternary nitrogens is 1. The molecule has 0 aromatic heterocycles. The van der Waals surface area contributed by atoms with Gasteiger partial charge in [-0.3, -0.25) is 9.59 Å². The van der Waals surface area contributed by atoms with E-state index in [1.165, 1.54) is 19.1 Å². The van der Waals surface area contributed by atoms with Crippen molar-refractivity contribution in [1.29, 1.82) is 0 Å². The molecule has 0 aliphatic heterocycles. The number of hydrogen-bond donors (Lipinski definition) is 3. The third-order valence-electron chi connectivity index (χ3n) is 4.30. The zero-order valence-corrected chi connectivity index (χ0v) is 17.9. The van der Waals surface area contributed by atoms with Gasteiger partial charge in [0.25, 0.3) is 11.8 Å². The third-order valence-corrected chi connectivity index (χ3v) is 4.30. The molecule has 0 spiro atoms. The molecule has 0 aliphatic carbocycles. The third kappa shape index (κ3) is 6.97. The molecule has 0 saturated heterocycles. The first-order valence-corrected chi connectivity index (χ1v) is 9.75. The minimum Gasteiger partial charge on any atom is -0.495 e. The maximum Gasteiger partial charge on any atom is 0.262 e. The van der Waals surface area contributed by atoms with E-state index in [0.717, 1.165) is 13.0 Å². The molecule has 3 N–H and O–H groups in total. The summed E-state index contributed by atoms with van der Waals surface area (Å²) in [5.74, 6) is 0.797. The molecule has 0 aliphatic rings. The molecule has 0 fully saturated rings. The number of rotatable bonds is 11. The van der Waals surface area contributed by atoms with Crippen molar-refractivity contribution in [3.63, 3.8) is 0 Å². The molecular formula is C22H30N3O5+. The number of methoxy groups -OCH3 is 2. The molecule has 2 aromatic rings. The second-order valence-corrected chi connectivity index (χ2v) is 6.97. The van der Waals surface area contributed by atoms with Gasteiger partial charge in [0.15, 0.2) is 18.1 Å². The van der Waals surface area contributed by atoms with E-state index in [1.807, 2.05) is 6.07 Å². The zero-order valence-electron chi connectivity index (χ0n) is 17.9. The van der Waals surface area contributed by atoms with E-state index in [1.54, 1.807) is 36.4 Å². The molecule has 0 heterocycles. The highest BCUT2D eigenvalue weighted by Gasteiger charge is 2.13. The number of para-hydroxylation sites is 2. The summed E-state index contributed by atoms with van der Waals surface area (Å²) >= 11 is 0. The van der Waals surface area contributed by atoms with Gasteiger partial charge in [-0.05, 0) is 30.3 Å². The molecule has 0 atom stereocenters. The first-order chi connectivity index (χ1) is 14.4. The highest BCUT2D eigenvalue weighted by molar-refractivity contribution is 5.95. The lowest BCUT2D eigenvalue weighted by atomic mass is 10.2. The average Bonchev–Trinajstić information content (AvgIpc) is 2.75. The lowest BCUT2D eigenvalue weighted by Crippen LogP contribution is -3.05. The standard InChI is InChI=1S/C22H29N3O5/c1-25(2)13-7-12-23-22(27)16-10-11-19(20(14-16)29-4)30-15-21(26)24-17-8-5-6-9-18(17)28-3/h5-6,8-11,14H,7,12-13,15H2,1-4H3,(H,23,27)(H,24,26)/p+1. The van der Waals surface area contributed by atoms with Crippen molar-refractivity contribution in [2.24, 2.45) is 0 Å². The van der Waals surface area contributed by atoms with Crippen LogP contribution in [-0.4, -0.2) is 59.8 Å². The van der Waals surface area contributed by atoms with Gasteiger partial charge in [-0.2, -0.15) is 0 Å². The molecule has 0 radical (unpaired) electrons. The maximum absolute atomic E-state index is 12.3. The monoisotopic (exact) mass is 416 g/mol. The van der Waals surface area contributed by atoms with Gasteiger partial charge in [-0.15, -0.1) is 0 Å². The van der Waals surface area contributed by atoms with Gasteiger partial charge in [-0.25, -0.2) is 0 Å².